The molecule has 0 heterocycles. The summed E-state index contributed by atoms with van der Waals surface area (Å²) in [5, 5.41) is 11.4. The molecule has 0 aliphatic carbocycles. The van der Waals surface area contributed by atoms with Gasteiger partial charge in [0.1, 0.15) is 0 Å². The Bertz CT molecular complexity index is 314. The second-order valence-corrected chi connectivity index (χ2v) is 2.87. The number of hydrogen-bond donors (Lipinski definition) is 0. The van der Waals surface area contributed by atoms with E-state index in [-0.39, 0.29) is 0 Å². The van der Waals surface area contributed by atoms with Gasteiger partial charge >= 0.3 is 0 Å². The normalized spacial score (nSPS) is 12.1. The van der Waals surface area contributed by atoms with Crippen molar-refractivity contribution in [2.75, 3.05) is 0 Å². The highest BCUT2D eigenvalue weighted by Gasteiger charge is 1.99. The summed E-state index contributed by atoms with van der Waals surface area (Å²) in [6.07, 6.45) is 1.57. The fraction of sp³-hybridized carbons (Fsp3) is 0.182. The van der Waals surface area contributed by atoms with E-state index in [9.17, 15) is 5.21 Å². The van der Waals surface area contributed by atoms with Crippen LogP contribution in [0.2, 0.25) is 0 Å². The molecule has 2 heteroatoms. The smallest absolute Gasteiger partial charge is 0.183 e. The molecule has 0 fully saturated rings. The van der Waals surface area contributed by atoms with Crippen molar-refractivity contribution in [1.29, 1.82) is 0 Å². The van der Waals surface area contributed by atoms with Crippen LogP contribution in [0, 0.1) is 5.21 Å². The second-order valence-electron chi connectivity index (χ2n) is 2.87. The molecule has 13 heavy (non-hydrogen) atoms. The summed E-state index contributed by atoms with van der Waals surface area (Å²) < 4.78 is 0.933. The molecule has 0 spiro atoms. The van der Waals surface area contributed by atoms with Crippen LogP contribution in [0.4, 0.5) is 0 Å². The minimum absolute atomic E-state index is 0.388. The zero-order valence-corrected chi connectivity index (χ0v) is 7.73. The SMILES string of the molecule is C=C/C(C)=[N+](/[O-])Cc1ccccc1. The van der Waals surface area contributed by atoms with Crippen LogP contribution in [0.25, 0.3) is 0 Å². The van der Waals surface area contributed by atoms with Gasteiger partial charge < -0.3 is 5.21 Å². The molecule has 0 radical (unpaired) electrons. The minimum Gasteiger partial charge on any atom is -0.623 e. The first-order valence-corrected chi connectivity index (χ1v) is 4.18. The van der Waals surface area contributed by atoms with Crippen molar-refractivity contribution in [2.45, 2.75) is 13.5 Å². The molecular formula is C11H13NO. The Morgan fingerprint density at radius 1 is 1.46 bits per heavy atom. The van der Waals surface area contributed by atoms with Gasteiger partial charge in [0.2, 0.25) is 0 Å². The molecule has 1 aromatic rings. The third-order valence-corrected chi connectivity index (χ3v) is 1.86. The lowest BCUT2D eigenvalue weighted by Gasteiger charge is -2.05. The van der Waals surface area contributed by atoms with Crippen LogP contribution in [0.3, 0.4) is 0 Å². The van der Waals surface area contributed by atoms with Crippen LogP contribution in [-0.2, 0) is 6.54 Å². The van der Waals surface area contributed by atoms with Crippen molar-refractivity contribution >= 4 is 5.71 Å². The third-order valence-electron chi connectivity index (χ3n) is 1.86. The maximum absolute atomic E-state index is 11.4. The van der Waals surface area contributed by atoms with Crippen molar-refractivity contribution in [3.8, 4) is 0 Å². The van der Waals surface area contributed by atoms with Gasteiger partial charge in [0.25, 0.3) is 0 Å². The lowest BCUT2D eigenvalue weighted by atomic mass is 10.2. The van der Waals surface area contributed by atoms with E-state index in [1.807, 2.05) is 30.3 Å². The number of rotatable bonds is 3. The molecule has 0 aromatic heterocycles. The second kappa shape index (κ2) is 4.45. The van der Waals surface area contributed by atoms with E-state index in [2.05, 4.69) is 6.58 Å². The number of allylic oxidation sites excluding steroid dienone is 1. The van der Waals surface area contributed by atoms with Crippen molar-refractivity contribution in [3.05, 3.63) is 53.8 Å². The molecule has 0 amide bonds. The van der Waals surface area contributed by atoms with Gasteiger partial charge in [0.05, 0.1) is 0 Å². The van der Waals surface area contributed by atoms with Crippen molar-refractivity contribution in [3.63, 3.8) is 0 Å². The molecule has 68 valence electrons. The van der Waals surface area contributed by atoms with Crippen molar-refractivity contribution in [2.24, 2.45) is 0 Å². The van der Waals surface area contributed by atoms with E-state index >= 15 is 0 Å². The highest BCUT2D eigenvalue weighted by atomic mass is 16.5. The average Bonchev–Trinajstić information content (AvgIpc) is 2.18. The first-order chi connectivity index (χ1) is 6.24. The van der Waals surface area contributed by atoms with Gasteiger partial charge in [-0.3, -0.25) is 0 Å². The standard InChI is InChI=1S/C11H13NO/c1-3-10(2)12(13)9-11-7-5-4-6-8-11/h3-8H,1,9H2,2H3/b12-10+. The van der Waals surface area contributed by atoms with E-state index < -0.39 is 0 Å². The van der Waals surface area contributed by atoms with Crippen molar-refractivity contribution in [1.82, 2.24) is 0 Å². The number of hydrogen-bond acceptors (Lipinski definition) is 1. The Morgan fingerprint density at radius 3 is 2.62 bits per heavy atom. The van der Waals surface area contributed by atoms with E-state index in [1.54, 1.807) is 13.0 Å². The molecule has 2 nitrogen and oxygen atoms in total. The molecule has 0 bridgehead atoms. The molecule has 0 saturated carbocycles. The highest BCUT2D eigenvalue weighted by Crippen LogP contribution is 2.00. The van der Waals surface area contributed by atoms with Crippen LogP contribution >= 0.6 is 0 Å². The summed E-state index contributed by atoms with van der Waals surface area (Å²) in [4.78, 5) is 0. The predicted molar refractivity (Wildman–Crippen MR) is 54.7 cm³/mol. The van der Waals surface area contributed by atoms with Gasteiger partial charge in [0.15, 0.2) is 12.3 Å². The summed E-state index contributed by atoms with van der Waals surface area (Å²) in [7, 11) is 0. The molecule has 0 unspecified atom stereocenters. The van der Waals surface area contributed by atoms with Crippen LogP contribution in [-0.4, -0.2) is 10.5 Å². The number of hydroxylamine groups is 1. The van der Waals surface area contributed by atoms with Gasteiger partial charge in [0, 0.05) is 12.5 Å². The van der Waals surface area contributed by atoms with Gasteiger partial charge in [-0.15, -0.1) is 0 Å². The first kappa shape index (κ1) is 9.52. The Labute approximate surface area is 78.4 Å². The maximum atomic E-state index is 11.4. The fourth-order valence-electron chi connectivity index (χ4n) is 0.976. The van der Waals surface area contributed by atoms with Gasteiger partial charge in [-0.1, -0.05) is 36.9 Å². The Morgan fingerprint density at radius 2 is 2.08 bits per heavy atom. The molecule has 0 aliphatic rings. The molecule has 0 atom stereocenters. The third kappa shape index (κ3) is 2.75. The summed E-state index contributed by atoms with van der Waals surface area (Å²) in [6.45, 7) is 5.69. The molecule has 1 aromatic carbocycles. The summed E-state index contributed by atoms with van der Waals surface area (Å²) in [5.74, 6) is 0. The van der Waals surface area contributed by atoms with Gasteiger partial charge in [-0.2, -0.15) is 0 Å². The molecule has 1 rings (SSSR count). The highest BCUT2D eigenvalue weighted by molar-refractivity contribution is 5.87. The summed E-state index contributed by atoms with van der Waals surface area (Å²) >= 11 is 0. The monoisotopic (exact) mass is 175 g/mol. The first-order valence-electron chi connectivity index (χ1n) is 4.18. The fourth-order valence-corrected chi connectivity index (χ4v) is 0.976. The number of benzene rings is 1. The summed E-state index contributed by atoms with van der Waals surface area (Å²) in [6, 6.07) is 9.64. The maximum Gasteiger partial charge on any atom is 0.183 e. The lowest BCUT2D eigenvalue weighted by Crippen LogP contribution is -2.10. The molecule has 0 N–H and O–H groups in total. The molecule has 0 saturated heterocycles. The zero-order valence-electron chi connectivity index (χ0n) is 7.73. The quantitative estimate of drug-likeness (QED) is 0.300. The summed E-state index contributed by atoms with van der Waals surface area (Å²) in [5.41, 5.74) is 1.66. The average molecular weight is 175 g/mol. The Kier molecular flexibility index (Phi) is 3.26. The van der Waals surface area contributed by atoms with Crippen LogP contribution in [0.15, 0.2) is 43.0 Å². The molecule has 0 aliphatic heterocycles. The van der Waals surface area contributed by atoms with Crippen LogP contribution < -0.4 is 0 Å². The largest absolute Gasteiger partial charge is 0.623 e. The number of nitrogens with zero attached hydrogens (tertiary/aromatic N) is 1. The van der Waals surface area contributed by atoms with E-state index in [0.717, 1.165) is 10.3 Å². The van der Waals surface area contributed by atoms with Crippen LogP contribution in [0.1, 0.15) is 12.5 Å². The Balaban J connectivity index is 2.76. The van der Waals surface area contributed by atoms with Gasteiger partial charge in [-0.25, -0.2) is 4.74 Å². The minimum atomic E-state index is 0.388. The molecular weight excluding hydrogens is 162 g/mol. The van der Waals surface area contributed by atoms with Gasteiger partial charge in [-0.05, 0) is 6.08 Å². The van der Waals surface area contributed by atoms with E-state index in [0.29, 0.717) is 12.3 Å². The van der Waals surface area contributed by atoms with E-state index in [4.69, 9.17) is 0 Å². The Hall–Kier alpha value is -1.57. The zero-order chi connectivity index (χ0) is 9.68. The van der Waals surface area contributed by atoms with Crippen molar-refractivity contribution < 1.29 is 4.74 Å². The predicted octanol–water partition coefficient (Wildman–Crippen LogP) is 2.34. The van der Waals surface area contributed by atoms with E-state index in [1.165, 1.54) is 0 Å². The lowest BCUT2D eigenvalue weighted by molar-refractivity contribution is -0.474. The van der Waals surface area contributed by atoms with Crippen LogP contribution in [0.5, 0.6) is 0 Å². The topological polar surface area (TPSA) is 26.1 Å².